The highest BCUT2D eigenvalue weighted by Gasteiger charge is 2.26. The number of benzene rings is 1. The number of carbonyl (C=O) groups excluding carboxylic acids is 1. The van der Waals surface area contributed by atoms with E-state index in [9.17, 15) is 18.0 Å². The molecule has 1 atom stereocenters. The summed E-state index contributed by atoms with van der Waals surface area (Å²) in [6, 6.07) is 4.13. The van der Waals surface area contributed by atoms with E-state index in [1.165, 1.54) is 31.2 Å². The summed E-state index contributed by atoms with van der Waals surface area (Å²) in [4.78, 5) is 22.1. The summed E-state index contributed by atoms with van der Waals surface area (Å²) in [5.74, 6) is -2.10. The molecule has 20 heavy (non-hydrogen) atoms. The van der Waals surface area contributed by atoms with Crippen LogP contribution in [0.4, 0.5) is 0 Å². The lowest BCUT2D eigenvalue weighted by atomic mass is 10.2. The summed E-state index contributed by atoms with van der Waals surface area (Å²) in [6.07, 6.45) is 0. The predicted molar refractivity (Wildman–Crippen MR) is 69.8 cm³/mol. The van der Waals surface area contributed by atoms with Gasteiger partial charge in [-0.25, -0.2) is 13.2 Å². The first-order valence-corrected chi connectivity index (χ1v) is 7.29. The van der Waals surface area contributed by atoms with E-state index in [0.29, 0.717) is 0 Å². The number of ether oxygens (including phenoxy) is 1. The van der Waals surface area contributed by atoms with Gasteiger partial charge in [-0.3, -0.25) is 4.79 Å². The third-order valence-electron chi connectivity index (χ3n) is 2.37. The highest BCUT2D eigenvalue weighted by atomic mass is 32.2. The zero-order valence-electron chi connectivity index (χ0n) is 11.0. The molecular formula is C12H15NO6S. The number of sulfonamides is 1. The summed E-state index contributed by atoms with van der Waals surface area (Å²) in [5.41, 5.74) is -0.139. The number of carbonyl (C=O) groups is 2. The fourth-order valence-corrected chi connectivity index (χ4v) is 2.82. The smallest absolute Gasteiger partial charge is 0.339 e. The molecule has 1 aromatic rings. The van der Waals surface area contributed by atoms with E-state index < -0.39 is 28.0 Å². The third kappa shape index (κ3) is 3.78. The van der Waals surface area contributed by atoms with Crippen molar-refractivity contribution in [2.75, 3.05) is 6.61 Å². The van der Waals surface area contributed by atoms with Crippen LogP contribution in [-0.4, -0.2) is 38.1 Å². The maximum absolute atomic E-state index is 12.1. The van der Waals surface area contributed by atoms with Crippen molar-refractivity contribution in [2.24, 2.45) is 0 Å². The summed E-state index contributed by atoms with van der Waals surface area (Å²) in [7, 11) is -4.13. The van der Waals surface area contributed by atoms with Crippen molar-refractivity contribution in [3.05, 3.63) is 29.8 Å². The molecular weight excluding hydrogens is 286 g/mol. The Hall–Kier alpha value is -1.93. The van der Waals surface area contributed by atoms with Gasteiger partial charge < -0.3 is 9.84 Å². The maximum Gasteiger partial charge on any atom is 0.339 e. The van der Waals surface area contributed by atoms with Gasteiger partial charge >= 0.3 is 11.9 Å². The molecule has 0 amide bonds. The van der Waals surface area contributed by atoms with Crippen LogP contribution in [-0.2, 0) is 19.6 Å². The number of esters is 1. The number of hydrogen-bond acceptors (Lipinski definition) is 5. The molecule has 1 aromatic carbocycles. The van der Waals surface area contributed by atoms with Crippen LogP contribution in [0.5, 0.6) is 0 Å². The van der Waals surface area contributed by atoms with Crippen LogP contribution in [0.3, 0.4) is 0 Å². The van der Waals surface area contributed by atoms with Crippen molar-refractivity contribution in [3.63, 3.8) is 0 Å². The van der Waals surface area contributed by atoms with Crippen LogP contribution < -0.4 is 4.72 Å². The van der Waals surface area contributed by atoms with E-state index in [4.69, 9.17) is 9.84 Å². The highest BCUT2D eigenvalue weighted by molar-refractivity contribution is 7.89. The Bertz CT molecular complexity index is 610. The first-order valence-electron chi connectivity index (χ1n) is 5.81. The average molecular weight is 301 g/mol. The van der Waals surface area contributed by atoms with Crippen molar-refractivity contribution in [2.45, 2.75) is 24.8 Å². The molecule has 0 heterocycles. The van der Waals surface area contributed by atoms with E-state index in [1.807, 2.05) is 4.72 Å². The number of rotatable bonds is 6. The van der Waals surface area contributed by atoms with Crippen LogP contribution in [0, 0.1) is 0 Å². The number of aliphatic carboxylic acids is 1. The first kappa shape index (κ1) is 16.1. The van der Waals surface area contributed by atoms with E-state index in [2.05, 4.69) is 0 Å². The Kier molecular flexibility index (Phi) is 5.23. The summed E-state index contributed by atoms with van der Waals surface area (Å²) in [6.45, 7) is 2.89. The van der Waals surface area contributed by atoms with Crippen molar-refractivity contribution < 1.29 is 27.9 Å². The molecule has 2 N–H and O–H groups in total. The van der Waals surface area contributed by atoms with Crippen molar-refractivity contribution in [1.82, 2.24) is 4.72 Å². The normalized spacial score (nSPS) is 12.7. The van der Waals surface area contributed by atoms with Crippen LogP contribution in [0.25, 0.3) is 0 Å². The van der Waals surface area contributed by atoms with Gasteiger partial charge in [0.25, 0.3) is 0 Å². The Labute approximate surface area is 116 Å². The lowest BCUT2D eigenvalue weighted by Gasteiger charge is -2.13. The van der Waals surface area contributed by atoms with Crippen molar-refractivity contribution in [1.29, 1.82) is 0 Å². The third-order valence-corrected chi connectivity index (χ3v) is 3.97. The maximum atomic E-state index is 12.1. The number of nitrogens with one attached hydrogen (secondary N) is 1. The SMILES string of the molecule is CCOC(=O)c1ccccc1S(=O)(=O)N[C@@H](C)C(=O)O. The Morgan fingerprint density at radius 1 is 1.35 bits per heavy atom. The molecule has 0 fully saturated rings. The molecule has 7 nitrogen and oxygen atoms in total. The molecule has 0 saturated heterocycles. The van der Waals surface area contributed by atoms with Crippen molar-refractivity contribution in [3.8, 4) is 0 Å². The van der Waals surface area contributed by atoms with E-state index in [0.717, 1.165) is 0 Å². The predicted octanol–water partition coefficient (Wildman–Crippen LogP) is 0.615. The minimum atomic E-state index is -4.13. The van der Waals surface area contributed by atoms with Gasteiger partial charge in [0, 0.05) is 0 Å². The molecule has 0 aromatic heterocycles. The minimum absolute atomic E-state index is 0.103. The summed E-state index contributed by atoms with van der Waals surface area (Å²) in [5, 5.41) is 8.74. The Morgan fingerprint density at radius 3 is 2.50 bits per heavy atom. The molecule has 110 valence electrons. The van der Waals surface area contributed by atoms with E-state index in [1.54, 1.807) is 6.92 Å². The molecule has 0 aliphatic carbocycles. The number of carboxylic acids is 1. The lowest BCUT2D eigenvalue weighted by molar-refractivity contribution is -0.138. The second kappa shape index (κ2) is 6.49. The zero-order valence-corrected chi connectivity index (χ0v) is 11.8. The van der Waals surface area contributed by atoms with Gasteiger partial charge in [0.1, 0.15) is 6.04 Å². The van der Waals surface area contributed by atoms with Crippen LogP contribution in [0.15, 0.2) is 29.2 Å². The first-order chi connectivity index (χ1) is 9.29. The summed E-state index contributed by atoms with van der Waals surface area (Å²) >= 11 is 0. The van der Waals surface area contributed by atoms with Gasteiger partial charge in [0.15, 0.2) is 0 Å². The van der Waals surface area contributed by atoms with Gasteiger partial charge in [0.2, 0.25) is 10.0 Å². The van der Waals surface area contributed by atoms with E-state index in [-0.39, 0.29) is 17.1 Å². The second-order valence-corrected chi connectivity index (χ2v) is 5.58. The molecule has 0 aliphatic heterocycles. The van der Waals surface area contributed by atoms with Gasteiger partial charge in [0.05, 0.1) is 17.1 Å². The fraction of sp³-hybridized carbons (Fsp3) is 0.333. The quantitative estimate of drug-likeness (QED) is 0.745. The van der Waals surface area contributed by atoms with Gasteiger partial charge in [-0.2, -0.15) is 4.72 Å². The molecule has 0 radical (unpaired) electrons. The molecule has 0 spiro atoms. The largest absolute Gasteiger partial charge is 0.480 e. The molecule has 0 bridgehead atoms. The van der Waals surface area contributed by atoms with Gasteiger partial charge in [-0.1, -0.05) is 12.1 Å². The average Bonchev–Trinajstić information content (AvgIpc) is 2.38. The monoisotopic (exact) mass is 301 g/mol. The molecule has 0 unspecified atom stereocenters. The highest BCUT2D eigenvalue weighted by Crippen LogP contribution is 2.16. The Balaban J connectivity index is 3.19. The van der Waals surface area contributed by atoms with Gasteiger partial charge in [-0.15, -0.1) is 0 Å². The number of hydrogen-bond donors (Lipinski definition) is 2. The topological polar surface area (TPSA) is 110 Å². The zero-order chi connectivity index (χ0) is 15.3. The second-order valence-electron chi connectivity index (χ2n) is 3.90. The van der Waals surface area contributed by atoms with Crippen LogP contribution in [0.2, 0.25) is 0 Å². The lowest BCUT2D eigenvalue weighted by Crippen LogP contribution is -2.38. The van der Waals surface area contributed by atoms with Gasteiger partial charge in [-0.05, 0) is 26.0 Å². The van der Waals surface area contributed by atoms with Crippen LogP contribution >= 0.6 is 0 Å². The number of carboxylic acid groups (broad SMARTS) is 1. The standard InChI is InChI=1S/C12H15NO6S/c1-3-19-12(16)9-6-4-5-7-10(9)20(17,18)13-8(2)11(14)15/h4-8,13H,3H2,1-2H3,(H,14,15)/t8-/m0/s1. The minimum Gasteiger partial charge on any atom is -0.480 e. The molecule has 1 rings (SSSR count). The van der Waals surface area contributed by atoms with Crippen molar-refractivity contribution >= 4 is 22.0 Å². The molecule has 0 saturated carbocycles. The summed E-state index contributed by atoms with van der Waals surface area (Å²) < 4.78 is 30.9. The van der Waals surface area contributed by atoms with Crippen LogP contribution in [0.1, 0.15) is 24.2 Å². The molecule has 8 heteroatoms. The van der Waals surface area contributed by atoms with E-state index >= 15 is 0 Å². The molecule has 0 aliphatic rings. The Morgan fingerprint density at radius 2 is 1.95 bits per heavy atom. The fourth-order valence-electron chi connectivity index (χ4n) is 1.43.